The number of carbonyl (C=O) groups excluding carboxylic acids is 2. The van der Waals surface area contributed by atoms with Gasteiger partial charge in [-0.2, -0.15) is 0 Å². The summed E-state index contributed by atoms with van der Waals surface area (Å²) in [5, 5.41) is 10.3. The van der Waals surface area contributed by atoms with Gasteiger partial charge in [0, 0.05) is 19.4 Å². The molecule has 1 aromatic carbocycles. The van der Waals surface area contributed by atoms with Gasteiger partial charge >= 0.3 is 11.9 Å². The number of esters is 2. The van der Waals surface area contributed by atoms with E-state index in [4.69, 9.17) is 24.7 Å². The molecule has 3 N–H and O–H groups in total. The minimum atomic E-state index is -0.945. The summed E-state index contributed by atoms with van der Waals surface area (Å²) in [6.07, 6.45) is -2.28. The maximum absolute atomic E-state index is 11.9. The first kappa shape index (κ1) is 24.3. The molecule has 1 aliphatic heterocycles. The van der Waals surface area contributed by atoms with E-state index < -0.39 is 36.5 Å². The van der Waals surface area contributed by atoms with E-state index in [-0.39, 0.29) is 38.1 Å². The lowest BCUT2D eigenvalue weighted by Crippen LogP contribution is -2.50. The Bertz CT molecular complexity index is 669. The Labute approximate surface area is 177 Å². The van der Waals surface area contributed by atoms with Crippen molar-refractivity contribution in [3.8, 4) is 0 Å². The summed E-state index contributed by atoms with van der Waals surface area (Å²) >= 11 is 0. The molecule has 168 valence electrons. The summed E-state index contributed by atoms with van der Waals surface area (Å²) in [6, 6.07) is 9.46. The average Bonchev–Trinajstić information content (AvgIpc) is 2.74. The third-order valence-corrected chi connectivity index (χ3v) is 5.05. The van der Waals surface area contributed by atoms with Gasteiger partial charge in [-0.05, 0) is 25.8 Å². The van der Waals surface area contributed by atoms with Crippen LogP contribution < -0.4 is 5.73 Å². The molecule has 1 saturated heterocycles. The summed E-state index contributed by atoms with van der Waals surface area (Å²) in [7, 11) is 0. The first-order valence-electron chi connectivity index (χ1n) is 10.4. The van der Waals surface area contributed by atoms with E-state index in [2.05, 4.69) is 0 Å². The monoisotopic (exact) mass is 423 g/mol. The van der Waals surface area contributed by atoms with Crippen molar-refractivity contribution in [1.82, 2.24) is 0 Å². The van der Waals surface area contributed by atoms with Crippen molar-refractivity contribution in [1.29, 1.82) is 0 Å². The maximum Gasteiger partial charge on any atom is 0.310 e. The molecule has 0 saturated carbocycles. The van der Waals surface area contributed by atoms with Gasteiger partial charge in [0.15, 0.2) is 6.29 Å². The molecule has 8 nitrogen and oxygen atoms in total. The van der Waals surface area contributed by atoms with Gasteiger partial charge in [-0.1, -0.05) is 37.3 Å². The zero-order valence-corrected chi connectivity index (χ0v) is 17.9. The molecule has 1 aromatic rings. The molecule has 1 fully saturated rings. The molecule has 2 rings (SSSR count). The maximum atomic E-state index is 11.9. The summed E-state index contributed by atoms with van der Waals surface area (Å²) in [6.45, 7) is 5.69. The van der Waals surface area contributed by atoms with Crippen LogP contribution in [0, 0.1) is 5.92 Å². The summed E-state index contributed by atoms with van der Waals surface area (Å²) < 4.78 is 22.1. The fourth-order valence-electron chi connectivity index (χ4n) is 2.99. The van der Waals surface area contributed by atoms with E-state index in [0.29, 0.717) is 6.42 Å². The van der Waals surface area contributed by atoms with Crippen LogP contribution in [-0.2, 0) is 35.1 Å². The number of aliphatic hydroxyl groups excluding tert-OH is 1. The van der Waals surface area contributed by atoms with Gasteiger partial charge < -0.3 is 29.8 Å². The number of hydrogen-bond acceptors (Lipinski definition) is 8. The number of hydrogen-bond donors (Lipinski definition) is 2. The lowest BCUT2D eigenvalue weighted by Gasteiger charge is -2.38. The molecule has 0 radical (unpaired) electrons. The second kappa shape index (κ2) is 12.0. The van der Waals surface area contributed by atoms with Gasteiger partial charge in [0.2, 0.25) is 0 Å². The van der Waals surface area contributed by atoms with Crippen LogP contribution in [0.5, 0.6) is 0 Å². The topological polar surface area (TPSA) is 117 Å². The van der Waals surface area contributed by atoms with E-state index in [1.807, 2.05) is 30.3 Å². The minimum Gasteiger partial charge on any atom is -0.461 e. The molecule has 1 aliphatic rings. The lowest BCUT2D eigenvalue weighted by atomic mass is 10.0. The molecule has 0 aliphatic carbocycles. The Morgan fingerprint density at radius 3 is 2.63 bits per heavy atom. The van der Waals surface area contributed by atoms with Crippen LogP contribution in [-0.4, -0.2) is 54.3 Å². The predicted molar refractivity (Wildman–Crippen MR) is 109 cm³/mol. The van der Waals surface area contributed by atoms with Crippen LogP contribution in [0.2, 0.25) is 0 Å². The molecule has 6 atom stereocenters. The largest absolute Gasteiger partial charge is 0.461 e. The Kier molecular flexibility index (Phi) is 9.71. The van der Waals surface area contributed by atoms with Gasteiger partial charge in [0.25, 0.3) is 0 Å². The quantitative estimate of drug-likeness (QED) is 0.548. The van der Waals surface area contributed by atoms with Crippen molar-refractivity contribution in [3.63, 3.8) is 0 Å². The smallest absolute Gasteiger partial charge is 0.310 e. The third-order valence-electron chi connectivity index (χ3n) is 5.05. The number of rotatable bonds is 10. The average molecular weight is 424 g/mol. The SMILES string of the molecule is CC(CN)C(=O)O[C@@H]1C[C@H](O)C(O[C@H](C)CCC(=O)OCc2ccccc2)OC1C. The number of benzene rings is 1. The highest BCUT2D eigenvalue weighted by Gasteiger charge is 2.38. The lowest BCUT2D eigenvalue weighted by molar-refractivity contribution is -0.276. The fourth-order valence-corrected chi connectivity index (χ4v) is 2.99. The summed E-state index contributed by atoms with van der Waals surface area (Å²) in [5.74, 6) is -1.13. The van der Waals surface area contributed by atoms with E-state index in [9.17, 15) is 14.7 Å². The van der Waals surface area contributed by atoms with Crippen LogP contribution in [0.1, 0.15) is 45.6 Å². The highest BCUT2D eigenvalue weighted by molar-refractivity contribution is 5.72. The van der Waals surface area contributed by atoms with Crippen molar-refractivity contribution in [2.24, 2.45) is 11.7 Å². The molecule has 0 aromatic heterocycles. The van der Waals surface area contributed by atoms with Gasteiger partial charge in [-0.25, -0.2) is 0 Å². The van der Waals surface area contributed by atoms with Crippen molar-refractivity contribution >= 4 is 11.9 Å². The first-order chi connectivity index (χ1) is 14.3. The van der Waals surface area contributed by atoms with E-state index in [1.54, 1.807) is 20.8 Å². The molecule has 0 bridgehead atoms. The second-order valence-electron chi connectivity index (χ2n) is 7.76. The Morgan fingerprint density at radius 1 is 1.27 bits per heavy atom. The van der Waals surface area contributed by atoms with Gasteiger partial charge in [-0.15, -0.1) is 0 Å². The summed E-state index contributed by atoms with van der Waals surface area (Å²) in [4.78, 5) is 23.9. The predicted octanol–water partition coefficient (Wildman–Crippen LogP) is 1.92. The first-order valence-corrected chi connectivity index (χ1v) is 10.4. The highest BCUT2D eigenvalue weighted by Crippen LogP contribution is 2.25. The van der Waals surface area contributed by atoms with Crippen LogP contribution in [0.4, 0.5) is 0 Å². The Balaban J connectivity index is 1.71. The fraction of sp³-hybridized carbons (Fsp3) is 0.636. The number of ether oxygens (including phenoxy) is 4. The van der Waals surface area contributed by atoms with Crippen LogP contribution in [0.25, 0.3) is 0 Å². The normalized spacial score (nSPS) is 25.9. The van der Waals surface area contributed by atoms with Crippen molar-refractivity contribution < 1.29 is 33.6 Å². The molecular weight excluding hydrogens is 390 g/mol. The molecule has 8 heteroatoms. The molecule has 0 amide bonds. The number of carbonyl (C=O) groups is 2. The zero-order valence-electron chi connectivity index (χ0n) is 17.9. The van der Waals surface area contributed by atoms with Crippen molar-refractivity contribution in [2.45, 2.75) is 77.3 Å². The van der Waals surface area contributed by atoms with E-state index in [0.717, 1.165) is 5.56 Å². The van der Waals surface area contributed by atoms with Crippen LogP contribution in [0.15, 0.2) is 30.3 Å². The van der Waals surface area contributed by atoms with E-state index >= 15 is 0 Å². The molecule has 3 unspecified atom stereocenters. The van der Waals surface area contributed by atoms with Gasteiger partial charge in [0.1, 0.15) is 18.8 Å². The van der Waals surface area contributed by atoms with Gasteiger partial charge in [0.05, 0.1) is 18.1 Å². The Morgan fingerprint density at radius 2 is 1.97 bits per heavy atom. The Hall–Kier alpha value is -2.00. The zero-order chi connectivity index (χ0) is 22.1. The minimum absolute atomic E-state index is 0.195. The molecular formula is C22H33NO7. The van der Waals surface area contributed by atoms with Gasteiger partial charge in [-0.3, -0.25) is 9.59 Å². The second-order valence-corrected chi connectivity index (χ2v) is 7.76. The standard InChI is InChI=1S/C22H33NO7/c1-14(12-23)21(26)30-19-11-18(24)22(29-16(19)3)28-15(2)9-10-20(25)27-13-17-7-5-4-6-8-17/h4-8,14-16,18-19,22,24H,9-13,23H2,1-3H3/t14?,15-,16?,18+,19-,22?/m1/s1. The van der Waals surface area contributed by atoms with Crippen molar-refractivity contribution in [3.05, 3.63) is 35.9 Å². The third kappa shape index (κ3) is 7.68. The highest BCUT2D eigenvalue weighted by atomic mass is 16.7. The number of aliphatic hydroxyl groups is 1. The van der Waals surface area contributed by atoms with Crippen LogP contribution >= 0.6 is 0 Å². The summed E-state index contributed by atoms with van der Waals surface area (Å²) in [5.41, 5.74) is 6.41. The molecule has 0 spiro atoms. The number of nitrogens with two attached hydrogens (primary N) is 1. The van der Waals surface area contributed by atoms with E-state index in [1.165, 1.54) is 0 Å². The van der Waals surface area contributed by atoms with Crippen LogP contribution in [0.3, 0.4) is 0 Å². The molecule has 30 heavy (non-hydrogen) atoms. The van der Waals surface area contributed by atoms with Crippen molar-refractivity contribution in [2.75, 3.05) is 6.54 Å². The molecule has 1 heterocycles.